The fourth-order valence-corrected chi connectivity index (χ4v) is 1.69. The smallest absolute Gasteiger partial charge is 0.0975 e. The average molecular weight is 232 g/mol. The molecule has 0 amide bonds. The zero-order chi connectivity index (χ0) is 8.97. The van der Waals surface area contributed by atoms with E-state index in [0.29, 0.717) is 6.54 Å². The van der Waals surface area contributed by atoms with E-state index in [9.17, 15) is 4.39 Å². The van der Waals surface area contributed by atoms with E-state index in [1.165, 1.54) is 0 Å². The van der Waals surface area contributed by atoms with Crippen LogP contribution in [0.2, 0.25) is 0 Å². The molecule has 12 heavy (non-hydrogen) atoms. The number of hydrogen-bond donors (Lipinski definition) is 1. The summed E-state index contributed by atoms with van der Waals surface area (Å²) < 4.78 is 13.4. The first kappa shape index (κ1) is 9.68. The van der Waals surface area contributed by atoms with Crippen LogP contribution in [0.4, 0.5) is 4.39 Å². The topological polar surface area (TPSA) is 26.0 Å². The van der Waals surface area contributed by atoms with Gasteiger partial charge in [-0.15, -0.1) is 0 Å². The monoisotopic (exact) mass is 231 g/mol. The van der Waals surface area contributed by atoms with Gasteiger partial charge in [0.05, 0.1) is 6.67 Å². The second-order valence-corrected chi connectivity index (χ2v) is 3.46. The van der Waals surface area contributed by atoms with Gasteiger partial charge in [-0.2, -0.15) is 0 Å². The van der Waals surface area contributed by atoms with Crippen LogP contribution in [0.3, 0.4) is 0 Å². The molecule has 1 atom stereocenters. The highest BCUT2D eigenvalue weighted by Gasteiger charge is 2.11. The largest absolute Gasteiger partial charge is 0.330 e. The van der Waals surface area contributed by atoms with Gasteiger partial charge in [-0.1, -0.05) is 34.1 Å². The average Bonchev–Trinajstić information content (AvgIpc) is 2.10. The summed E-state index contributed by atoms with van der Waals surface area (Å²) in [5.41, 5.74) is 6.37. The zero-order valence-corrected chi connectivity index (χ0v) is 8.22. The standard InChI is InChI=1S/C9H11BrFN/c10-9-4-2-1-3-8(9)7(5-11)6-12/h1-4,7H,5-6,12H2. The van der Waals surface area contributed by atoms with Crippen molar-refractivity contribution in [2.24, 2.45) is 5.73 Å². The van der Waals surface area contributed by atoms with Gasteiger partial charge >= 0.3 is 0 Å². The summed E-state index contributed by atoms with van der Waals surface area (Å²) in [7, 11) is 0. The number of hydrogen-bond acceptors (Lipinski definition) is 1. The van der Waals surface area contributed by atoms with Crippen molar-refractivity contribution < 1.29 is 4.39 Å². The molecule has 0 heterocycles. The van der Waals surface area contributed by atoms with Crippen LogP contribution in [0.5, 0.6) is 0 Å². The van der Waals surface area contributed by atoms with E-state index in [4.69, 9.17) is 5.73 Å². The van der Waals surface area contributed by atoms with E-state index in [1.807, 2.05) is 24.3 Å². The molecule has 0 spiro atoms. The highest BCUT2D eigenvalue weighted by molar-refractivity contribution is 9.10. The molecule has 0 saturated heterocycles. The number of benzene rings is 1. The minimum Gasteiger partial charge on any atom is -0.330 e. The molecule has 0 aliphatic carbocycles. The highest BCUT2D eigenvalue weighted by atomic mass is 79.9. The van der Waals surface area contributed by atoms with Crippen LogP contribution < -0.4 is 5.73 Å². The van der Waals surface area contributed by atoms with E-state index >= 15 is 0 Å². The van der Waals surface area contributed by atoms with Gasteiger partial charge in [-0.05, 0) is 11.6 Å². The zero-order valence-electron chi connectivity index (χ0n) is 6.63. The summed E-state index contributed by atoms with van der Waals surface area (Å²) in [6.07, 6.45) is 0. The molecule has 1 unspecified atom stereocenters. The van der Waals surface area contributed by atoms with Gasteiger partial charge in [0.2, 0.25) is 0 Å². The number of halogens is 2. The van der Waals surface area contributed by atoms with Gasteiger partial charge in [0.25, 0.3) is 0 Å². The van der Waals surface area contributed by atoms with Crippen molar-refractivity contribution in [1.82, 2.24) is 0 Å². The van der Waals surface area contributed by atoms with Crippen LogP contribution in [-0.4, -0.2) is 13.2 Å². The van der Waals surface area contributed by atoms with Crippen molar-refractivity contribution in [3.05, 3.63) is 34.3 Å². The van der Waals surface area contributed by atoms with Gasteiger partial charge in [0, 0.05) is 16.9 Å². The lowest BCUT2D eigenvalue weighted by Crippen LogP contribution is -2.14. The molecule has 1 nitrogen and oxygen atoms in total. The molecule has 0 aliphatic heterocycles. The van der Waals surface area contributed by atoms with Crippen molar-refractivity contribution in [2.75, 3.05) is 13.2 Å². The van der Waals surface area contributed by atoms with Gasteiger partial charge in [-0.3, -0.25) is 4.39 Å². The van der Waals surface area contributed by atoms with Crippen molar-refractivity contribution in [3.8, 4) is 0 Å². The van der Waals surface area contributed by atoms with Gasteiger partial charge < -0.3 is 5.73 Å². The molecule has 1 rings (SSSR count). The molecule has 0 bridgehead atoms. The van der Waals surface area contributed by atoms with E-state index < -0.39 is 6.67 Å². The van der Waals surface area contributed by atoms with Gasteiger partial charge in [0.15, 0.2) is 0 Å². The third-order valence-corrected chi connectivity index (χ3v) is 2.54. The molecule has 0 radical (unpaired) electrons. The molecular formula is C9H11BrFN. The fraction of sp³-hybridized carbons (Fsp3) is 0.333. The molecule has 0 saturated carbocycles. The summed E-state index contributed by atoms with van der Waals surface area (Å²) in [6.45, 7) is -0.0573. The summed E-state index contributed by atoms with van der Waals surface area (Å²) in [6, 6.07) is 7.58. The minimum absolute atomic E-state index is 0.180. The van der Waals surface area contributed by atoms with Crippen molar-refractivity contribution >= 4 is 15.9 Å². The van der Waals surface area contributed by atoms with Gasteiger partial charge in [-0.25, -0.2) is 0 Å². The Morgan fingerprint density at radius 3 is 2.58 bits per heavy atom. The summed E-state index contributed by atoms with van der Waals surface area (Å²) in [5.74, 6) is -0.180. The summed E-state index contributed by atoms with van der Waals surface area (Å²) >= 11 is 3.36. The quantitative estimate of drug-likeness (QED) is 0.851. The molecule has 1 aromatic rings. The summed E-state index contributed by atoms with van der Waals surface area (Å²) in [4.78, 5) is 0. The number of nitrogens with two attached hydrogens (primary N) is 1. The maximum Gasteiger partial charge on any atom is 0.0975 e. The lowest BCUT2D eigenvalue weighted by atomic mass is 10.0. The van der Waals surface area contributed by atoms with Crippen LogP contribution in [-0.2, 0) is 0 Å². The first-order chi connectivity index (χ1) is 5.79. The van der Waals surface area contributed by atoms with Crippen LogP contribution in [0.15, 0.2) is 28.7 Å². The first-order valence-electron chi connectivity index (χ1n) is 3.80. The van der Waals surface area contributed by atoms with Crippen LogP contribution in [0.25, 0.3) is 0 Å². The van der Waals surface area contributed by atoms with Crippen LogP contribution in [0.1, 0.15) is 11.5 Å². The van der Waals surface area contributed by atoms with E-state index in [0.717, 1.165) is 10.0 Å². The van der Waals surface area contributed by atoms with Crippen LogP contribution >= 0.6 is 15.9 Å². The summed E-state index contributed by atoms with van der Waals surface area (Å²) in [5, 5.41) is 0. The lowest BCUT2D eigenvalue weighted by molar-refractivity contribution is 0.434. The first-order valence-corrected chi connectivity index (χ1v) is 4.59. The SMILES string of the molecule is NCC(CF)c1ccccc1Br. The van der Waals surface area contributed by atoms with Crippen molar-refractivity contribution in [3.63, 3.8) is 0 Å². The Morgan fingerprint density at radius 1 is 1.42 bits per heavy atom. The Bertz CT molecular complexity index is 248. The Morgan fingerprint density at radius 2 is 2.08 bits per heavy atom. The predicted octanol–water partition coefficient (Wildman–Crippen LogP) is 2.46. The normalized spacial score (nSPS) is 12.9. The number of rotatable bonds is 3. The fourth-order valence-electron chi connectivity index (χ4n) is 1.08. The number of alkyl halides is 1. The van der Waals surface area contributed by atoms with E-state index in [2.05, 4.69) is 15.9 Å². The highest BCUT2D eigenvalue weighted by Crippen LogP contribution is 2.24. The Balaban J connectivity index is 2.92. The van der Waals surface area contributed by atoms with E-state index in [-0.39, 0.29) is 5.92 Å². The maximum atomic E-state index is 12.4. The van der Waals surface area contributed by atoms with Gasteiger partial charge in [0.1, 0.15) is 0 Å². The lowest BCUT2D eigenvalue weighted by Gasteiger charge is -2.11. The molecule has 0 aliphatic rings. The van der Waals surface area contributed by atoms with Crippen LogP contribution in [0, 0.1) is 0 Å². The van der Waals surface area contributed by atoms with Crippen molar-refractivity contribution in [2.45, 2.75) is 5.92 Å². The molecule has 0 fully saturated rings. The van der Waals surface area contributed by atoms with E-state index in [1.54, 1.807) is 0 Å². The minimum atomic E-state index is -0.404. The molecule has 2 N–H and O–H groups in total. The Labute approximate surface area is 79.9 Å². The molecular weight excluding hydrogens is 221 g/mol. The third-order valence-electron chi connectivity index (χ3n) is 1.82. The molecule has 0 aromatic heterocycles. The maximum absolute atomic E-state index is 12.4. The third kappa shape index (κ3) is 2.05. The van der Waals surface area contributed by atoms with Crippen molar-refractivity contribution in [1.29, 1.82) is 0 Å². The molecule has 66 valence electrons. The molecule has 1 aromatic carbocycles. The Kier molecular flexibility index (Phi) is 3.69. The molecule has 3 heteroatoms. The Hall–Kier alpha value is -0.410. The predicted molar refractivity (Wildman–Crippen MR) is 51.9 cm³/mol. The second kappa shape index (κ2) is 4.58. The second-order valence-electron chi connectivity index (χ2n) is 2.61.